The highest BCUT2D eigenvalue weighted by atomic mass is 32.1. The van der Waals surface area contributed by atoms with Gasteiger partial charge in [-0.05, 0) is 42.8 Å². The molecule has 3 aromatic rings. The molecule has 10 heteroatoms. The van der Waals surface area contributed by atoms with Crippen LogP contribution in [0.1, 0.15) is 28.8 Å². The number of nitrogens with zero attached hydrogens (tertiary/aromatic N) is 1. The Kier molecular flexibility index (Phi) is 7.47. The largest absolute Gasteiger partial charge is 0.497 e. The van der Waals surface area contributed by atoms with Gasteiger partial charge in [-0.3, -0.25) is 9.59 Å². The molecule has 0 saturated heterocycles. The molecule has 1 aromatic heterocycles. The molecular weight excluding hydrogens is 443 g/mol. The average molecular weight is 463 g/mol. The highest BCUT2D eigenvalue weighted by molar-refractivity contribution is 7.14. The predicted molar refractivity (Wildman–Crippen MR) is 116 cm³/mol. The quantitative estimate of drug-likeness (QED) is 0.462. The minimum Gasteiger partial charge on any atom is -0.497 e. The fraction of sp³-hybridized carbons (Fsp3) is 0.227. The Labute approximate surface area is 186 Å². The number of anilines is 1. The van der Waals surface area contributed by atoms with E-state index in [9.17, 15) is 22.8 Å². The summed E-state index contributed by atoms with van der Waals surface area (Å²) in [6.07, 6.45) is -3.87. The minimum atomic E-state index is -4.44. The maximum absolute atomic E-state index is 12.9. The lowest BCUT2D eigenvalue weighted by molar-refractivity contribution is -0.137. The van der Waals surface area contributed by atoms with E-state index in [-0.39, 0.29) is 18.2 Å². The van der Waals surface area contributed by atoms with Crippen LogP contribution in [0.3, 0.4) is 0 Å². The Hall–Kier alpha value is -3.40. The molecule has 2 N–H and O–H groups in total. The molecule has 0 aliphatic heterocycles. The van der Waals surface area contributed by atoms with Crippen molar-refractivity contribution in [2.24, 2.45) is 0 Å². The second-order valence-electron chi connectivity index (χ2n) is 6.75. The standard InChI is InChI=1S/C22H20F3N3O3S/c1-31-17-9-7-14(8-10-17)20(30)26-11-3-6-19(29)28-21-27-18(13-32-21)15-4-2-5-16(12-15)22(23,24)25/h2,4-5,7-10,12-13H,3,6,11H2,1H3,(H,26,30)(H,27,28,29). The Morgan fingerprint density at radius 3 is 2.56 bits per heavy atom. The van der Waals surface area contributed by atoms with Gasteiger partial charge in [0, 0.05) is 29.5 Å². The maximum atomic E-state index is 12.9. The lowest BCUT2D eigenvalue weighted by Gasteiger charge is -2.07. The molecule has 1 heterocycles. The molecule has 0 saturated carbocycles. The Balaban J connectivity index is 1.46. The van der Waals surface area contributed by atoms with Gasteiger partial charge in [-0.2, -0.15) is 13.2 Å². The molecule has 32 heavy (non-hydrogen) atoms. The predicted octanol–water partition coefficient (Wildman–Crippen LogP) is 4.99. The molecule has 0 spiro atoms. The van der Waals surface area contributed by atoms with Crippen LogP contribution in [0.2, 0.25) is 0 Å². The van der Waals surface area contributed by atoms with Crippen LogP contribution in [0.4, 0.5) is 18.3 Å². The van der Waals surface area contributed by atoms with E-state index in [2.05, 4.69) is 15.6 Å². The number of hydrogen-bond donors (Lipinski definition) is 2. The lowest BCUT2D eigenvalue weighted by atomic mass is 10.1. The smallest absolute Gasteiger partial charge is 0.416 e. The zero-order valence-corrected chi connectivity index (χ0v) is 17.8. The van der Waals surface area contributed by atoms with Crippen LogP contribution in [0.5, 0.6) is 5.75 Å². The fourth-order valence-electron chi connectivity index (χ4n) is 2.80. The van der Waals surface area contributed by atoms with Crippen molar-refractivity contribution >= 4 is 28.3 Å². The van der Waals surface area contributed by atoms with Gasteiger partial charge in [0.1, 0.15) is 5.75 Å². The molecule has 0 bridgehead atoms. The summed E-state index contributed by atoms with van der Waals surface area (Å²) in [5.74, 6) is 0.101. The number of carbonyl (C=O) groups is 2. The summed E-state index contributed by atoms with van der Waals surface area (Å²) in [6, 6.07) is 11.5. The van der Waals surface area contributed by atoms with Gasteiger partial charge in [-0.25, -0.2) is 4.98 Å². The number of methoxy groups -OCH3 is 1. The molecule has 0 fully saturated rings. The van der Waals surface area contributed by atoms with Gasteiger partial charge >= 0.3 is 6.18 Å². The highest BCUT2D eigenvalue weighted by Crippen LogP contribution is 2.33. The number of rotatable bonds is 8. The van der Waals surface area contributed by atoms with Gasteiger partial charge in [0.25, 0.3) is 5.91 Å². The molecule has 0 unspecified atom stereocenters. The summed E-state index contributed by atoms with van der Waals surface area (Å²) in [6.45, 7) is 0.311. The van der Waals surface area contributed by atoms with Gasteiger partial charge in [0.2, 0.25) is 5.91 Å². The summed E-state index contributed by atoms with van der Waals surface area (Å²) >= 11 is 1.13. The molecule has 0 aliphatic carbocycles. The Bertz CT molecular complexity index is 1080. The number of carbonyl (C=O) groups excluding carboxylic acids is 2. The molecule has 2 amide bonds. The SMILES string of the molecule is COc1ccc(C(=O)NCCCC(=O)Nc2nc(-c3cccc(C(F)(F)F)c3)cs2)cc1. The van der Waals surface area contributed by atoms with Crippen LogP contribution in [-0.2, 0) is 11.0 Å². The van der Waals surface area contributed by atoms with Crippen LogP contribution in [0.15, 0.2) is 53.9 Å². The Morgan fingerprint density at radius 1 is 1.12 bits per heavy atom. The summed E-state index contributed by atoms with van der Waals surface area (Å²) in [4.78, 5) is 28.4. The number of alkyl halides is 3. The second-order valence-corrected chi connectivity index (χ2v) is 7.61. The van der Waals surface area contributed by atoms with Gasteiger partial charge < -0.3 is 15.4 Å². The Morgan fingerprint density at radius 2 is 1.88 bits per heavy atom. The molecule has 6 nitrogen and oxygen atoms in total. The number of amides is 2. The van der Waals surface area contributed by atoms with Crippen molar-refractivity contribution in [3.8, 4) is 17.0 Å². The monoisotopic (exact) mass is 463 g/mol. The van der Waals surface area contributed by atoms with Crippen molar-refractivity contribution in [3.05, 3.63) is 65.0 Å². The molecule has 0 aliphatic rings. The van der Waals surface area contributed by atoms with Crippen molar-refractivity contribution in [1.29, 1.82) is 0 Å². The summed E-state index contributed by atoms with van der Waals surface area (Å²) in [5.41, 5.74) is 0.395. The van der Waals surface area contributed by atoms with Crippen LogP contribution >= 0.6 is 11.3 Å². The summed E-state index contributed by atoms with van der Waals surface area (Å²) < 4.78 is 43.7. The van der Waals surface area contributed by atoms with E-state index in [0.717, 1.165) is 23.5 Å². The second kappa shape index (κ2) is 10.3. The molecule has 3 rings (SSSR count). The first-order chi connectivity index (χ1) is 15.3. The van der Waals surface area contributed by atoms with Crippen LogP contribution in [-0.4, -0.2) is 30.5 Å². The first kappa shape index (κ1) is 23.3. The van der Waals surface area contributed by atoms with Crippen molar-refractivity contribution in [2.75, 3.05) is 19.0 Å². The van der Waals surface area contributed by atoms with Crippen molar-refractivity contribution in [2.45, 2.75) is 19.0 Å². The molecule has 0 radical (unpaired) electrons. The molecule has 168 valence electrons. The number of aromatic nitrogens is 1. The van der Waals surface area contributed by atoms with Crippen molar-refractivity contribution < 1.29 is 27.5 Å². The third kappa shape index (κ3) is 6.30. The molecule has 2 aromatic carbocycles. The first-order valence-corrected chi connectivity index (χ1v) is 10.5. The topological polar surface area (TPSA) is 80.3 Å². The number of halogens is 3. The third-order valence-corrected chi connectivity index (χ3v) is 5.21. The van der Waals surface area contributed by atoms with Crippen LogP contribution < -0.4 is 15.4 Å². The van der Waals surface area contributed by atoms with Crippen molar-refractivity contribution in [3.63, 3.8) is 0 Å². The molecule has 0 atom stereocenters. The highest BCUT2D eigenvalue weighted by Gasteiger charge is 2.30. The van der Waals surface area contributed by atoms with E-state index < -0.39 is 11.7 Å². The van der Waals surface area contributed by atoms with E-state index in [4.69, 9.17) is 4.74 Å². The summed E-state index contributed by atoms with van der Waals surface area (Å²) in [7, 11) is 1.54. The number of benzene rings is 2. The maximum Gasteiger partial charge on any atom is 0.416 e. The van der Waals surface area contributed by atoms with Gasteiger partial charge in [-0.15, -0.1) is 11.3 Å². The van der Waals surface area contributed by atoms with Gasteiger partial charge in [0.15, 0.2) is 5.13 Å². The summed E-state index contributed by atoms with van der Waals surface area (Å²) in [5, 5.41) is 7.24. The third-order valence-electron chi connectivity index (χ3n) is 4.45. The van der Waals surface area contributed by atoms with E-state index in [1.54, 1.807) is 29.6 Å². The van der Waals surface area contributed by atoms with E-state index in [1.807, 2.05) is 0 Å². The number of thiazole rings is 1. The zero-order valence-electron chi connectivity index (χ0n) is 17.0. The van der Waals surface area contributed by atoms with Gasteiger partial charge in [-0.1, -0.05) is 12.1 Å². The number of hydrogen-bond acceptors (Lipinski definition) is 5. The van der Waals surface area contributed by atoms with Crippen LogP contribution in [0.25, 0.3) is 11.3 Å². The fourth-order valence-corrected chi connectivity index (χ4v) is 3.53. The normalized spacial score (nSPS) is 11.1. The number of ether oxygens (including phenoxy) is 1. The lowest BCUT2D eigenvalue weighted by Crippen LogP contribution is -2.25. The van der Waals surface area contributed by atoms with E-state index in [1.165, 1.54) is 19.2 Å². The number of nitrogens with one attached hydrogen (secondary N) is 2. The molecular formula is C22H20F3N3O3S. The van der Waals surface area contributed by atoms with Gasteiger partial charge in [0.05, 0.1) is 18.4 Å². The average Bonchev–Trinajstić information content (AvgIpc) is 3.24. The van der Waals surface area contributed by atoms with E-state index in [0.29, 0.717) is 40.7 Å². The zero-order chi connectivity index (χ0) is 23.1. The van der Waals surface area contributed by atoms with E-state index >= 15 is 0 Å². The van der Waals surface area contributed by atoms with Crippen molar-refractivity contribution in [1.82, 2.24) is 10.3 Å². The van der Waals surface area contributed by atoms with Crippen LogP contribution in [0, 0.1) is 0 Å². The minimum absolute atomic E-state index is 0.154. The first-order valence-electron chi connectivity index (χ1n) is 9.61.